The van der Waals surface area contributed by atoms with Crippen LogP contribution in [0.25, 0.3) is 0 Å². The zero-order valence-electron chi connectivity index (χ0n) is 20.5. The minimum Gasteiger partial charge on any atom is -0.490 e. The first-order valence-electron chi connectivity index (χ1n) is 12.0. The summed E-state index contributed by atoms with van der Waals surface area (Å²) >= 11 is 0. The van der Waals surface area contributed by atoms with E-state index in [1.165, 1.54) is 0 Å². The Balaban J connectivity index is 1.82. The van der Waals surface area contributed by atoms with Gasteiger partial charge in [-0.15, -0.1) is 0 Å². The molecule has 2 unspecified atom stereocenters. The standard InChI is InChI=1S/C26H33O9P/c1-3-15-30-24-23(34-26(28)25(24)31-16-4-2)22(17-27)35-36(29,32-18-20-11-7-5-8-12-20)33-19-21-13-9-6-10-14-21/h5-14,22-23,27H,3-4,15-19H2,1-2H3. The van der Waals surface area contributed by atoms with Gasteiger partial charge < -0.3 is 19.3 Å². The van der Waals surface area contributed by atoms with Gasteiger partial charge in [0.15, 0.2) is 11.9 Å². The minimum atomic E-state index is -4.26. The number of phosphoric ester groups is 1. The average molecular weight is 521 g/mol. The maximum absolute atomic E-state index is 13.7. The Morgan fingerprint density at radius 3 is 1.92 bits per heavy atom. The number of hydrogen-bond acceptors (Lipinski definition) is 9. The molecule has 1 aliphatic rings. The molecule has 36 heavy (non-hydrogen) atoms. The summed E-state index contributed by atoms with van der Waals surface area (Å²) in [4.78, 5) is 12.5. The highest BCUT2D eigenvalue weighted by Crippen LogP contribution is 2.53. The lowest BCUT2D eigenvalue weighted by Gasteiger charge is -2.27. The Labute approximate surface area is 211 Å². The largest absolute Gasteiger partial charge is 0.490 e. The molecule has 0 fully saturated rings. The van der Waals surface area contributed by atoms with Crippen LogP contribution in [0, 0.1) is 0 Å². The second-order valence-corrected chi connectivity index (χ2v) is 9.63. The van der Waals surface area contributed by atoms with Crippen LogP contribution in [0.5, 0.6) is 0 Å². The van der Waals surface area contributed by atoms with Crippen LogP contribution in [-0.4, -0.2) is 43.1 Å². The van der Waals surface area contributed by atoms with E-state index >= 15 is 0 Å². The maximum Gasteiger partial charge on any atom is 0.475 e. The number of carbonyl (C=O) groups excluding carboxylic acids is 1. The molecule has 9 nitrogen and oxygen atoms in total. The second kappa shape index (κ2) is 14.2. The molecule has 1 N–H and O–H groups in total. The molecule has 0 bridgehead atoms. The van der Waals surface area contributed by atoms with Crippen molar-refractivity contribution in [3.8, 4) is 0 Å². The Hall–Kier alpha value is -2.68. The van der Waals surface area contributed by atoms with Gasteiger partial charge in [0.1, 0.15) is 6.10 Å². The molecule has 196 valence electrons. The number of aliphatic hydroxyl groups is 1. The van der Waals surface area contributed by atoms with Crippen molar-refractivity contribution in [1.82, 2.24) is 0 Å². The monoisotopic (exact) mass is 520 g/mol. The average Bonchev–Trinajstić information content (AvgIpc) is 3.22. The molecular weight excluding hydrogens is 487 g/mol. The molecule has 2 aromatic rings. The molecule has 0 saturated carbocycles. The fourth-order valence-electron chi connectivity index (χ4n) is 3.29. The van der Waals surface area contributed by atoms with Crippen LogP contribution >= 0.6 is 7.82 Å². The van der Waals surface area contributed by atoms with Gasteiger partial charge >= 0.3 is 13.8 Å². The quantitative estimate of drug-likeness (QED) is 0.244. The molecule has 0 saturated heterocycles. The number of cyclic esters (lactones) is 1. The number of rotatable bonds is 16. The van der Waals surface area contributed by atoms with Gasteiger partial charge in [0, 0.05) is 0 Å². The summed E-state index contributed by atoms with van der Waals surface area (Å²) in [5.41, 5.74) is 1.50. The summed E-state index contributed by atoms with van der Waals surface area (Å²) in [7, 11) is -4.26. The van der Waals surface area contributed by atoms with Gasteiger partial charge in [-0.1, -0.05) is 74.5 Å². The normalized spacial score (nSPS) is 16.6. The molecule has 0 aromatic heterocycles. The number of phosphoric acid groups is 1. The van der Waals surface area contributed by atoms with Crippen LogP contribution in [0.4, 0.5) is 0 Å². The van der Waals surface area contributed by atoms with Crippen molar-refractivity contribution in [2.45, 2.75) is 52.1 Å². The molecule has 1 heterocycles. The van der Waals surface area contributed by atoms with Crippen LogP contribution in [0.2, 0.25) is 0 Å². The molecule has 0 radical (unpaired) electrons. The van der Waals surface area contributed by atoms with Crippen LogP contribution in [0.15, 0.2) is 72.2 Å². The fraction of sp³-hybridized carbons (Fsp3) is 0.423. The smallest absolute Gasteiger partial charge is 0.475 e. The van der Waals surface area contributed by atoms with Gasteiger partial charge in [0.05, 0.1) is 33.0 Å². The van der Waals surface area contributed by atoms with Crippen molar-refractivity contribution in [2.75, 3.05) is 19.8 Å². The van der Waals surface area contributed by atoms with Gasteiger partial charge in [-0.25, -0.2) is 9.36 Å². The molecule has 3 rings (SSSR count). The fourth-order valence-corrected chi connectivity index (χ4v) is 4.61. The summed E-state index contributed by atoms with van der Waals surface area (Å²) in [5.74, 6) is -0.735. The Morgan fingerprint density at radius 2 is 1.42 bits per heavy atom. The highest BCUT2D eigenvalue weighted by molar-refractivity contribution is 7.48. The topological polar surface area (TPSA) is 110 Å². The van der Waals surface area contributed by atoms with E-state index in [2.05, 4.69) is 0 Å². The van der Waals surface area contributed by atoms with E-state index < -0.39 is 32.6 Å². The van der Waals surface area contributed by atoms with Crippen LogP contribution in [0.3, 0.4) is 0 Å². The van der Waals surface area contributed by atoms with E-state index in [-0.39, 0.29) is 37.9 Å². The molecule has 0 spiro atoms. The van der Waals surface area contributed by atoms with Crippen molar-refractivity contribution < 1.29 is 42.2 Å². The van der Waals surface area contributed by atoms with E-state index in [0.717, 1.165) is 11.1 Å². The van der Waals surface area contributed by atoms with Crippen molar-refractivity contribution in [2.24, 2.45) is 0 Å². The summed E-state index contributed by atoms with van der Waals surface area (Å²) in [6, 6.07) is 18.2. The lowest BCUT2D eigenvalue weighted by atomic mass is 10.2. The zero-order valence-corrected chi connectivity index (χ0v) is 21.4. The number of hydrogen-bond donors (Lipinski definition) is 1. The van der Waals surface area contributed by atoms with Crippen molar-refractivity contribution in [1.29, 1.82) is 0 Å². The SMILES string of the molecule is CCCOC1=C(OCCC)C(C(CO)OP(=O)(OCc2ccccc2)OCc2ccccc2)OC1=O. The number of aliphatic hydroxyl groups excluding tert-OH is 1. The Morgan fingerprint density at radius 1 is 0.889 bits per heavy atom. The highest BCUT2D eigenvalue weighted by atomic mass is 31.2. The van der Waals surface area contributed by atoms with Crippen molar-refractivity contribution in [3.05, 3.63) is 83.3 Å². The van der Waals surface area contributed by atoms with Crippen molar-refractivity contribution >= 4 is 13.8 Å². The number of ether oxygens (including phenoxy) is 3. The molecule has 1 aliphatic heterocycles. The lowest BCUT2D eigenvalue weighted by molar-refractivity contribution is -0.148. The molecular formula is C26H33O9P. The summed E-state index contributed by atoms with van der Waals surface area (Å²) in [6.45, 7) is 3.60. The molecule has 2 aromatic carbocycles. The van der Waals surface area contributed by atoms with E-state index in [9.17, 15) is 14.5 Å². The molecule has 0 amide bonds. The first-order chi connectivity index (χ1) is 17.5. The number of carbonyl (C=O) groups is 1. The summed E-state index contributed by atoms with van der Waals surface area (Å²) < 4.78 is 47.5. The second-order valence-electron chi connectivity index (χ2n) is 8.01. The lowest BCUT2D eigenvalue weighted by Crippen LogP contribution is -2.35. The van der Waals surface area contributed by atoms with E-state index in [4.69, 9.17) is 27.8 Å². The van der Waals surface area contributed by atoms with E-state index in [1.54, 1.807) is 24.3 Å². The third-order valence-electron chi connectivity index (χ3n) is 5.06. The predicted octanol–water partition coefficient (Wildman–Crippen LogP) is 4.90. The van der Waals surface area contributed by atoms with Gasteiger partial charge in [-0.05, 0) is 24.0 Å². The Kier molecular flexibility index (Phi) is 11.0. The van der Waals surface area contributed by atoms with Crippen LogP contribution in [0.1, 0.15) is 37.8 Å². The van der Waals surface area contributed by atoms with Gasteiger partial charge in [-0.3, -0.25) is 13.6 Å². The first kappa shape index (κ1) is 27.9. The molecule has 10 heteroatoms. The van der Waals surface area contributed by atoms with Gasteiger partial charge in [-0.2, -0.15) is 0 Å². The third-order valence-corrected chi connectivity index (χ3v) is 6.48. The van der Waals surface area contributed by atoms with Gasteiger partial charge in [0.25, 0.3) is 0 Å². The van der Waals surface area contributed by atoms with Crippen molar-refractivity contribution in [3.63, 3.8) is 0 Å². The zero-order chi connectivity index (χ0) is 25.8. The molecule has 2 atom stereocenters. The maximum atomic E-state index is 13.7. The van der Waals surface area contributed by atoms with E-state index in [0.29, 0.717) is 12.8 Å². The minimum absolute atomic E-state index is 0.0601. The first-order valence-corrected chi connectivity index (χ1v) is 13.4. The highest BCUT2D eigenvalue weighted by Gasteiger charge is 2.46. The van der Waals surface area contributed by atoms with Crippen LogP contribution < -0.4 is 0 Å². The van der Waals surface area contributed by atoms with E-state index in [1.807, 2.05) is 50.2 Å². The predicted molar refractivity (Wildman–Crippen MR) is 131 cm³/mol. The number of benzene rings is 2. The third kappa shape index (κ3) is 7.91. The Bertz CT molecular complexity index is 979. The van der Waals surface area contributed by atoms with Crippen LogP contribution in [-0.2, 0) is 50.4 Å². The number of esters is 1. The summed E-state index contributed by atoms with van der Waals surface area (Å²) in [5, 5.41) is 10.1. The molecule has 0 aliphatic carbocycles. The summed E-state index contributed by atoms with van der Waals surface area (Å²) in [6.07, 6.45) is -1.15. The van der Waals surface area contributed by atoms with Gasteiger partial charge in [0.2, 0.25) is 5.76 Å².